The molecule has 0 aliphatic heterocycles. The topological polar surface area (TPSA) is 20.2 Å². The number of hydrogen-bond donors (Lipinski definition) is 1. The van der Waals surface area contributed by atoms with Crippen LogP contribution in [0.15, 0.2) is 52.3 Å². The summed E-state index contributed by atoms with van der Waals surface area (Å²) in [6.07, 6.45) is 0.255. The Labute approximate surface area is 127 Å². The highest BCUT2D eigenvalue weighted by Gasteiger charge is 2.11. The minimum atomic E-state index is -0.438. The molecule has 0 heterocycles. The molecule has 0 bridgehead atoms. The predicted molar refractivity (Wildman–Crippen MR) is 82.3 cm³/mol. The second kappa shape index (κ2) is 6.67. The highest BCUT2D eigenvalue weighted by atomic mass is 35.5. The van der Waals surface area contributed by atoms with Crippen LogP contribution in [0.25, 0.3) is 0 Å². The van der Waals surface area contributed by atoms with Crippen molar-refractivity contribution in [2.75, 3.05) is 0 Å². The van der Waals surface area contributed by atoms with Gasteiger partial charge in [0.25, 0.3) is 0 Å². The van der Waals surface area contributed by atoms with Gasteiger partial charge in [-0.25, -0.2) is 0 Å². The molecule has 2 rings (SSSR count). The van der Waals surface area contributed by atoms with E-state index in [0.29, 0.717) is 16.5 Å². The molecule has 1 N–H and O–H groups in total. The Balaban J connectivity index is 2.30. The van der Waals surface area contributed by atoms with Gasteiger partial charge in [0.2, 0.25) is 0 Å². The van der Waals surface area contributed by atoms with Gasteiger partial charge >= 0.3 is 0 Å². The van der Waals surface area contributed by atoms with Crippen molar-refractivity contribution in [2.24, 2.45) is 0 Å². The third-order valence-electron chi connectivity index (χ3n) is 2.78. The molecule has 0 aliphatic rings. The van der Waals surface area contributed by atoms with E-state index in [9.17, 15) is 5.11 Å². The standard InChI is InChI=1S/C15H14Cl2OS/c1-2-14(18)11-5-3-4-6-15(11)19-10-7-8-12(16)13(17)9-10/h3-9,14,18H,2H2,1H3. The van der Waals surface area contributed by atoms with Gasteiger partial charge in [-0.2, -0.15) is 0 Å². The maximum atomic E-state index is 10.0. The van der Waals surface area contributed by atoms with Gasteiger partial charge in [0.1, 0.15) is 0 Å². The molecule has 0 fully saturated rings. The molecule has 1 unspecified atom stereocenters. The molecule has 100 valence electrons. The van der Waals surface area contributed by atoms with Gasteiger partial charge in [-0.15, -0.1) is 0 Å². The Morgan fingerprint density at radius 2 is 1.84 bits per heavy atom. The van der Waals surface area contributed by atoms with Crippen LogP contribution >= 0.6 is 35.0 Å². The number of halogens is 2. The van der Waals surface area contributed by atoms with E-state index in [2.05, 4.69) is 0 Å². The van der Waals surface area contributed by atoms with Crippen LogP contribution in [0.2, 0.25) is 10.0 Å². The lowest BCUT2D eigenvalue weighted by Gasteiger charge is -2.13. The fraction of sp³-hybridized carbons (Fsp3) is 0.200. The number of rotatable bonds is 4. The zero-order valence-electron chi connectivity index (χ0n) is 10.4. The summed E-state index contributed by atoms with van der Waals surface area (Å²) in [4.78, 5) is 2.04. The molecule has 1 nitrogen and oxygen atoms in total. The Kier molecular flexibility index (Phi) is 5.17. The van der Waals surface area contributed by atoms with Crippen molar-refractivity contribution in [1.82, 2.24) is 0 Å². The van der Waals surface area contributed by atoms with Gasteiger partial charge in [-0.1, -0.05) is 60.1 Å². The van der Waals surface area contributed by atoms with Crippen molar-refractivity contribution in [2.45, 2.75) is 29.2 Å². The summed E-state index contributed by atoms with van der Waals surface area (Å²) in [5.74, 6) is 0. The molecule has 19 heavy (non-hydrogen) atoms. The van der Waals surface area contributed by atoms with E-state index < -0.39 is 6.10 Å². The summed E-state index contributed by atoms with van der Waals surface area (Å²) in [6, 6.07) is 13.4. The first-order valence-corrected chi connectivity index (χ1v) is 7.59. The third-order valence-corrected chi connectivity index (χ3v) is 4.60. The van der Waals surface area contributed by atoms with Crippen molar-refractivity contribution in [3.8, 4) is 0 Å². The molecule has 4 heteroatoms. The molecular weight excluding hydrogens is 299 g/mol. The van der Waals surface area contributed by atoms with E-state index in [0.717, 1.165) is 15.4 Å². The maximum absolute atomic E-state index is 10.0. The Hall–Kier alpha value is -0.670. The maximum Gasteiger partial charge on any atom is 0.0798 e. The van der Waals surface area contributed by atoms with Crippen LogP contribution < -0.4 is 0 Å². The molecule has 0 saturated carbocycles. The van der Waals surface area contributed by atoms with Gasteiger partial charge in [0, 0.05) is 9.79 Å². The summed E-state index contributed by atoms with van der Waals surface area (Å²) in [6.45, 7) is 1.96. The summed E-state index contributed by atoms with van der Waals surface area (Å²) in [5, 5.41) is 11.1. The SMILES string of the molecule is CCC(O)c1ccccc1Sc1ccc(Cl)c(Cl)c1. The van der Waals surface area contributed by atoms with Crippen molar-refractivity contribution < 1.29 is 5.11 Å². The molecule has 1 atom stereocenters. The van der Waals surface area contributed by atoms with Crippen LogP contribution in [-0.4, -0.2) is 5.11 Å². The van der Waals surface area contributed by atoms with E-state index in [-0.39, 0.29) is 0 Å². The lowest BCUT2D eigenvalue weighted by molar-refractivity contribution is 0.171. The van der Waals surface area contributed by atoms with E-state index in [1.165, 1.54) is 0 Å². The minimum absolute atomic E-state index is 0.438. The van der Waals surface area contributed by atoms with Gasteiger partial charge < -0.3 is 5.11 Å². The molecule has 0 spiro atoms. The molecule has 0 amide bonds. The second-order valence-electron chi connectivity index (χ2n) is 4.14. The average Bonchev–Trinajstić information content (AvgIpc) is 2.43. The lowest BCUT2D eigenvalue weighted by Crippen LogP contribution is -1.97. The predicted octanol–water partition coefficient (Wildman–Crippen LogP) is 5.59. The summed E-state index contributed by atoms with van der Waals surface area (Å²) in [5.41, 5.74) is 0.945. The van der Waals surface area contributed by atoms with E-state index >= 15 is 0 Å². The van der Waals surface area contributed by atoms with Crippen LogP contribution in [0.4, 0.5) is 0 Å². The normalized spacial score (nSPS) is 12.4. The molecule has 0 aromatic heterocycles. The summed E-state index contributed by atoms with van der Waals surface area (Å²) < 4.78 is 0. The van der Waals surface area contributed by atoms with Gasteiger partial charge in [0.15, 0.2) is 0 Å². The monoisotopic (exact) mass is 312 g/mol. The van der Waals surface area contributed by atoms with Crippen LogP contribution in [0, 0.1) is 0 Å². The minimum Gasteiger partial charge on any atom is -0.388 e. The van der Waals surface area contributed by atoms with Crippen LogP contribution in [0.3, 0.4) is 0 Å². The van der Waals surface area contributed by atoms with Gasteiger partial charge in [-0.05, 0) is 36.2 Å². The number of aliphatic hydroxyl groups is 1. The largest absolute Gasteiger partial charge is 0.388 e. The highest BCUT2D eigenvalue weighted by Crippen LogP contribution is 2.36. The smallest absolute Gasteiger partial charge is 0.0798 e. The molecule has 0 aliphatic carbocycles. The summed E-state index contributed by atoms with van der Waals surface area (Å²) >= 11 is 13.5. The first-order valence-electron chi connectivity index (χ1n) is 6.01. The van der Waals surface area contributed by atoms with Crippen LogP contribution in [-0.2, 0) is 0 Å². The molecular formula is C15H14Cl2OS. The molecule has 2 aromatic carbocycles. The van der Waals surface area contributed by atoms with Crippen LogP contribution in [0.1, 0.15) is 25.0 Å². The first-order chi connectivity index (χ1) is 9.11. The zero-order chi connectivity index (χ0) is 13.8. The Bertz CT molecular complexity index is 572. The number of hydrogen-bond acceptors (Lipinski definition) is 2. The zero-order valence-corrected chi connectivity index (χ0v) is 12.8. The first kappa shape index (κ1) is 14.7. The Morgan fingerprint density at radius 1 is 1.11 bits per heavy atom. The molecule has 0 saturated heterocycles. The van der Waals surface area contributed by atoms with Crippen molar-refractivity contribution >= 4 is 35.0 Å². The quantitative estimate of drug-likeness (QED) is 0.794. The van der Waals surface area contributed by atoms with E-state index in [1.54, 1.807) is 17.8 Å². The van der Waals surface area contributed by atoms with Gasteiger partial charge in [0.05, 0.1) is 16.1 Å². The van der Waals surface area contributed by atoms with E-state index in [4.69, 9.17) is 23.2 Å². The molecule has 2 aromatic rings. The van der Waals surface area contributed by atoms with Crippen molar-refractivity contribution in [3.63, 3.8) is 0 Å². The van der Waals surface area contributed by atoms with Crippen LogP contribution in [0.5, 0.6) is 0 Å². The Morgan fingerprint density at radius 3 is 2.53 bits per heavy atom. The molecule has 0 radical (unpaired) electrons. The van der Waals surface area contributed by atoms with Crippen molar-refractivity contribution in [1.29, 1.82) is 0 Å². The fourth-order valence-corrected chi connectivity index (χ4v) is 3.13. The summed E-state index contributed by atoms with van der Waals surface area (Å²) in [7, 11) is 0. The number of benzene rings is 2. The average molecular weight is 313 g/mol. The highest BCUT2D eigenvalue weighted by molar-refractivity contribution is 7.99. The van der Waals surface area contributed by atoms with E-state index in [1.807, 2.05) is 43.3 Å². The van der Waals surface area contributed by atoms with Gasteiger partial charge in [-0.3, -0.25) is 0 Å². The fourth-order valence-electron chi connectivity index (χ4n) is 1.74. The van der Waals surface area contributed by atoms with Crippen molar-refractivity contribution in [3.05, 3.63) is 58.1 Å². The second-order valence-corrected chi connectivity index (χ2v) is 6.07. The lowest BCUT2D eigenvalue weighted by atomic mass is 10.1. The third kappa shape index (κ3) is 3.67. The number of aliphatic hydroxyl groups excluding tert-OH is 1.